The monoisotopic (exact) mass is 308 g/mol. The molecule has 6 nitrogen and oxygen atoms in total. The van der Waals surface area contributed by atoms with Crippen LogP contribution in [0.2, 0.25) is 0 Å². The summed E-state index contributed by atoms with van der Waals surface area (Å²) in [5, 5.41) is 21.5. The standard InChI is InChI=1S/C17H20N6/c18-8-14-6-11-9-20-16(21-13-2-1-5-19-10-13)7-15(11)17(23-14)22-12-3-4-12/h6-7,9,12-13,19H,1-5,10H2,(H,20,21)(H,22,23)/t13-/m0/s1. The number of pyridine rings is 2. The van der Waals surface area contributed by atoms with E-state index < -0.39 is 0 Å². The first-order valence-corrected chi connectivity index (χ1v) is 8.26. The van der Waals surface area contributed by atoms with Crippen LogP contribution in [0.1, 0.15) is 31.4 Å². The van der Waals surface area contributed by atoms with Crippen LogP contribution in [0.3, 0.4) is 0 Å². The highest BCUT2D eigenvalue weighted by Crippen LogP contribution is 2.30. The number of rotatable bonds is 4. The van der Waals surface area contributed by atoms with Gasteiger partial charge in [-0.05, 0) is 44.4 Å². The molecule has 1 saturated heterocycles. The molecular weight excluding hydrogens is 288 g/mol. The Bertz CT molecular complexity index is 756. The van der Waals surface area contributed by atoms with Gasteiger partial charge >= 0.3 is 0 Å². The summed E-state index contributed by atoms with van der Waals surface area (Å²) in [4.78, 5) is 8.96. The molecule has 118 valence electrons. The second kappa shape index (κ2) is 6.01. The quantitative estimate of drug-likeness (QED) is 0.803. The van der Waals surface area contributed by atoms with Gasteiger partial charge in [0.05, 0.1) is 0 Å². The van der Waals surface area contributed by atoms with Gasteiger partial charge in [0, 0.05) is 35.6 Å². The van der Waals surface area contributed by atoms with E-state index in [0.717, 1.165) is 41.9 Å². The van der Waals surface area contributed by atoms with Crippen LogP contribution in [-0.2, 0) is 0 Å². The van der Waals surface area contributed by atoms with Crippen molar-refractivity contribution < 1.29 is 0 Å². The van der Waals surface area contributed by atoms with E-state index >= 15 is 0 Å². The minimum atomic E-state index is 0.417. The number of hydrogen-bond donors (Lipinski definition) is 3. The average Bonchev–Trinajstić information content (AvgIpc) is 3.40. The second-order valence-corrected chi connectivity index (χ2v) is 6.36. The zero-order valence-electron chi connectivity index (χ0n) is 13.0. The van der Waals surface area contributed by atoms with Crippen molar-refractivity contribution in [1.82, 2.24) is 15.3 Å². The summed E-state index contributed by atoms with van der Waals surface area (Å²) >= 11 is 0. The normalized spacial score (nSPS) is 20.9. The van der Waals surface area contributed by atoms with Crippen LogP contribution in [0.25, 0.3) is 10.8 Å². The highest BCUT2D eigenvalue weighted by molar-refractivity contribution is 5.93. The molecule has 2 fully saturated rings. The molecule has 0 amide bonds. The fourth-order valence-corrected chi connectivity index (χ4v) is 3.00. The van der Waals surface area contributed by atoms with Gasteiger partial charge in [-0.3, -0.25) is 0 Å². The Morgan fingerprint density at radius 2 is 2.09 bits per heavy atom. The third kappa shape index (κ3) is 3.20. The Hall–Kier alpha value is -2.39. The van der Waals surface area contributed by atoms with Crippen molar-refractivity contribution in [3.8, 4) is 6.07 Å². The Kier molecular flexibility index (Phi) is 3.72. The Labute approximate surface area is 135 Å². The first-order chi connectivity index (χ1) is 11.3. The zero-order valence-corrected chi connectivity index (χ0v) is 13.0. The van der Waals surface area contributed by atoms with E-state index in [9.17, 15) is 0 Å². The molecule has 3 N–H and O–H groups in total. The zero-order chi connectivity index (χ0) is 15.6. The summed E-state index contributed by atoms with van der Waals surface area (Å²) in [6.07, 6.45) is 6.51. The van der Waals surface area contributed by atoms with E-state index in [4.69, 9.17) is 5.26 Å². The molecule has 0 unspecified atom stereocenters. The molecule has 2 aliphatic rings. The van der Waals surface area contributed by atoms with Crippen molar-refractivity contribution >= 4 is 22.4 Å². The molecule has 0 bridgehead atoms. The van der Waals surface area contributed by atoms with Gasteiger partial charge in [0.15, 0.2) is 0 Å². The molecule has 1 aliphatic carbocycles. The minimum absolute atomic E-state index is 0.417. The minimum Gasteiger partial charge on any atom is -0.367 e. The third-order valence-electron chi connectivity index (χ3n) is 4.40. The molecule has 1 atom stereocenters. The van der Waals surface area contributed by atoms with Crippen molar-refractivity contribution in [3.63, 3.8) is 0 Å². The van der Waals surface area contributed by atoms with Crippen LogP contribution in [0.5, 0.6) is 0 Å². The van der Waals surface area contributed by atoms with Gasteiger partial charge in [-0.15, -0.1) is 0 Å². The first kappa shape index (κ1) is 14.2. The fraction of sp³-hybridized carbons (Fsp3) is 0.471. The molecule has 2 aromatic heterocycles. The topological polar surface area (TPSA) is 85.7 Å². The lowest BCUT2D eigenvalue weighted by molar-refractivity contribution is 0.479. The molecule has 6 heteroatoms. The highest BCUT2D eigenvalue weighted by Gasteiger charge is 2.23. The largest absolute Gasteiger partial charge is 0.367 e. The second-order valence-electron chi connectivity index (χ2n) is 6.36. The number of hydrogen-bond acceptors (Lipinski definition) is 6. The maximum absolute atomic E-state index is 9.16. The SMILES string of the molecule is N#Cc1cc2cnc(N[C@H]3CCCNC3)cc2c(NC2CC2)n1. The van der Waals surface area contributed by atoms with Crippen LogP contribution in [-0.4, -0.2) is 35.1 Å². The van der Waals surface area contributed by atoms with E-state index in [2.05, 4.69) is 32.0 Å². The highest BCUT2D eigenvalue weighted by atomic mass is 15.1. The summed E-state index contributed by atoms with van der Waals surface area (Å²) < 4.78 is 0. The number of piperidine rings is 1. The third-order valence-corrected chi connectivity index (χ3v) is 4.40. The first-order valence-electron chi connectivity index (χ1n) is 8.26. The van der Waals surface area contributed by atoms with Crippen molar-refractivity contribution in [2.24, 2.45) is 0 Å². The smallest absolute Gasteiger partial charge is 0.143 e. The summed E-state index contributed by atoms with van der Waals surface area (Å²) in [6.45, 7) is 2.07. The predicted octanol–water partition coefficient (Wildman–Crippen LogP) is 2.24. The molecule has 3 heterocycles. The summed E-state index contributed by atoms with van der Waals surface area (Å²) in [5.74, 6) is 1.67. The molecule has 1 aliphatic heterocycles. The molecule has 2 aromatic rings. The van der Waals surface area contributed by atoms with Gasteiger partial charge in [0.25, 0.3) is 0 Å². The number of aromatic nitrogens is 2. The maximum atomic E-state index is 9.16. The number of nitrogens with one attached hydrogen (secondary N) is 3. The predicted molar refractivity (Wildman–Crippen MR) is 90.4 cm³/mol. The van der Waals surface area contributed by atoms with Gasteiger partial charge in [-0.1, -0.05) is 0 Å². The Balaban J connectivity index is 1.66. The van der Waals surface area contributed by atoms with Crippen molar-refractivity contribution in [2.45, 2.75) is 37.8 Å². The molecule has 1 saturated carbocycles. The van der Waals surface area contributed by atoms with Gasteiger partial charge in [0.1, 0.15) is 23.4 Å². The molecule has 0 spiro atoms. The van der Waals surface area contributed by atoms with Crippen molar-refractivity contribution in [2.75, 3.05) is 23.7 Å². The molecule has 0 aromatic carbocycles. The molecule has 4 rings (SSSR count). The summed E-state index contributed by atoms with van der Waals surface area (Å²) in [5.41, 5.74) is 0.430. The van der Waals surface area contributed by atoms with Crippen molar-refractivity contribution in [3.05, 3.63) is 24.0 Å². The van der Waals surface area contributed by atoms with E-state index in [1.807, 2.05) is 12.3 Å². The molecule has 23 heavy (non-hydrogen) atoms. The Morgan fingerprint density at radius 3 is 2.83 bits per heavy atom. The number of anilines is 2. The van der Waals surface area contributed by atoms with Crippen LogP contribution in [0, 0.1) is 11.3 Å². The molecule has 0 radical (unpaired) electrons. The summed E-state index contributed by atoms with van der Waals surface area (Å²) in [6, 6.07) is 6.88. The van der Waals surface area contributed by atoms with E-state index in [1.165, 1.54) is 19.3 Å². The van der Waals surface area contributed by atoms with Gasteiger partial charge in [-0.25, -0.2) is 9.97 Å². The molecular formula is C17H20N6. The summed E-state index contributed by atoms with van der Waals surface area (Å²) in [7, 11) is 0. The Morgan fingerprint density at radius 1 is 1.17 bits per heavy atom. The van der Waals surface area contributed by atoms with E-state index in [0.29, 0.717) is 17.8 Å². The number of nitriles is 1. The van der Waals surface area contributed by atoms with E-state index in [-0.39, 0.29) is 0 Å². The fourth-order valence-electron chi connectivity index (χ4n) is 3.00. The number of fused-ring (bicyclic) bond motifs is 1. The van der Waals surface area contributed by atoms with Gasteiger partial charge in [-0.2, -0.15) is 5.26 Å². The van der Waals surface area contributed by atoms with Crippen LogP contribution >= 0.6 is 0 Å². The average molecular weight is 308 g/mol. The van der Waals surface area contributed by atoms with Gasteiger partial charge in [0.2, 0.25) is 0 Å². The van der Waals surface area contributed by atoms with Crippen LogP contribution in [0.4, 0.5) is 11.6 Å². The van der Waals surface area contributed by atoms with Gasteiger partial charge < -0.3 is 16.0 Å². The lowest BCUT2D eigenvalue weighted by Gasteiger charge is -2.24. The lowest BCUT2D eigenvalue weighted by atomic mass is 10.1. The van der Waals surface area contributed by atoms with Crippen molar-refractivity contribution in [1.29, 1.82) is 5.26 Å². The van der Waals surface area contributed by atoms with Crippen LogP contribution in [0.15, 0.2) is 18.3 Å². The maximum Gasteiger partial charge on any atom is 0.143 e. The lowest BCUT2D eigenvalue weighted by Crippen LogP contribution is -2.38. The van der Waals surface area contributed by atoms with E-state index in [1.54, 1.807) is 6.07 Å². The number of nitrogens with zero attached hydrogens (tertiary/aromatic N) is 3. The van der Waals surface area contributed by atoms with Crippen LogP contribution < -0.4 is 16.0 Å².